The molecule has 1 heterocycles. The van der Waals surface area contributed by atoms with Crippen molar-refractivity contribution >= 4 is 29.4 Å². The molecule has 142 valence electrons. The van der Waals surface area contributed by atoms with Gasteiger partial charge in [-0.05, 0) is 62.9 Å². The number of aryl methyl sites for hydroxylation is 1. The van der Waals surface area contributed by atoms with Crippen LogP contribution >= 0.6 is 11.8 Å². The highest BCUT2D eigenvalue weighted by molar-refractivity contribution is 7.98. The van der Waals surface area contributed by atoms with E-state index < -0.39 is 5.91 Å². The maximum absolute atomic E-state index is 12.6. The molecular formula is C21H25N3O2S. The number of anilines is 1. The summed E-state index contributed by atoms with van der Waals surface area (Å²) in [6.07, 6.45) is 3.62. The van der Waals surface area contributed by atoms with Crippen molar-refractivity contribution in [3.05, 3.63) is 52.9 Å². The highest BCUT2D eigenvalue weighted by atomic mass is 32.2. The zero-order chi connectivity index (χ0) is 20.0. The number of amides is 1. The molecule has 27 heavy (non-hydrogen) atoms. The van der Waals surface area contributed by atoms with Crippen LogP contribution in [0, 0.1) is 25.2 Å². The van der Waals surface area contributed by atoms with E-state index in [4.69, 9.17) is 4.74 Å². The van der Waals surface area contributed by atoms with Gasteiger partial charge < -0.3 is 14.6 Å². The molecule has 2 aromatic rings. The maximum atomic E-state index is 12.6. The first kappa shape index (κ1) is 20.8. The summed E-state index contributed by atoms with van der Waals surface area (Å²) in [5.41, 5.74) is 3.67. The fourth-order valence-electron chi connectivity index (χ4n) is 3.15. The van der Waals surface area contributed by atoms with Crippen molar-refractivity contribution in [2.45, 2.75) is 31.7 Å². The van der Waals surface area contributed by atoms with Gasteiger partial charge in [-0.25, -0.2) is 0 Å². The highest BCUT2D eigenvalue weighted by Crippen LogP contribution is 2.24. The van der Waals surface area contributed by atoms with Crippen molar-refractivity contribution in [2.24, 2.45) is 0 Å². The van der Waals surface area contributed by atoms with E-state index in [-0.39, 0.29) is 11.6 Å². The van der Waals surface area contributed by atoms with Gasteiger partial charge in [0, 0.05) is 29.1 Å². The molecule has 0 spiro atoms. The third-order valence-electron chi connectivity index (χ3n) is 4.36. The number of carbonyl (C=O) groups is 1. The van der Waals surface area contributed by atoms with E-state index in [0.29, 0.717) is 12.3 Å². The van der Waals surface area contributed by atoms with E-state index in [1.54, 1.807) is 24.9 Å². The van der Waals surface area contributed by atoms with Crippen LogP contribution in [0.25, 0.3) is 6.08 Å². The predicted molar refractivity (Wildman–Crippen MR) is 111 cm³/mol. The number of thioether (sulfide) groups is 1. The predicted octanol–water partition coefficient (Wildman–Crippen LogP) is 4.58. The smallest absolute Gasteiger partial charge is 0.266 e. The number of carbonyl (C=O) groups excluding carboxylic acids is 1. The average Bonchev–Trinajstić information content (AvgIpc) is 2.93. The van der Waals surface area contributed by atoms with Crippen LogP contribution in [-0.4, -0.2) is 30.4 Å². The summed E-state index contributed by atoms with van der Waals surface area (Å²) < 4.78 is 7.41. The molecular weight excluding hydrogens is 358 g/mol. The second-order valence-corrected chi connectivity index (χ2v) is 7.24. The molecule has 0 radical (unpaired) electrons. The normalized spacial score (nSPS) is 12.5. The van der Waals surface area contributed by atoms with E-state index in [1.165, 1.54) is 0 Å². The topological polar surface area (TPSA) is 67.0 Å². The number of aromatic nitrogens is 1. The number of ether oxygens (including phenoxy) is 1. The molecule has 0 aliphatic carbocycles. The largest absolute Gasteiger partial charge is 0.383 e. The first-order chi connectivity index (χ1) is 12.9. The third-order valence-corrected chi connectivity index (χ3v) is 5.09. The van der Waals surface area contributed by atoms with Crippen molar-refractivity contribution in [3.63, 3.8) is 0 Å². The number of hydrogen-bond donors (Lipinski definition) is 1. The van der Waals surface area contributed by atoms with Gasteiger partial charge >= 0.3 is 0 Å². The van der Waals surface area contributed by atoms with E-state index in [1.807, 2.05) is 56.5 Å². The number of rotatable bonds is 7. The van der Waals surface area contributed by atoms with Gasteiger partial charge in [0.1, 0.15) is 11.6 Å². The standard InChI is InChI=1S/C21H25N3O2S/c1-14-9-17(16(3)24(14)15(2)13-26-4)10-18(12-22)21(25)23-19-7-6-8-20(11-19)27-5/h6-11,15H,13H2,1-5H3,(H,23,25)/b18-10+. The van der Waals surface area contributed by atoms with E-state index in [2.05, 4.69) is 16.8 Å². The lowest BCUT2D eigenvalue weighted by molar-refractivity contribution is -0.112. The summed E-state index contributed by atoms with van der Waals surface area (Å²) in [6, 6.07) is 11.7. The minimum atomic E-state index is -0.412. The Morgan fingerprint density at radius 2 is 2.15 bits per heavy atom. The van der Waals surface area contributed by atoms with Crippen LogP contribution in [0.1, 0.15) is 29.9 Å². The molecule has 1 atom stereocenters. The highest BCUT2D eigenvalue weighted by Gasteiger charge is 2.16. The Morgan fingerprint density at radius 1 is 1.41 bits per heavy atom. The summed E-state index contributed by atoms with van der Waals surface area (Å²) in [6.45, 7) is 6.67. The molecule has 1 N–H and O–H groups in total. The Bertz CT molecular complexity index is 893. The van der Waals surface area contributed by atoms with Gasteiger partial charge in [0.05, 0.1) is 12.6 Å². The Balaban J connectivity index is 2.29. The molecule has 0 saturated carbocycles. The molecule has 0 saturated heterocycles. The quantitative estimate of drug-likeness (QED) is 0.432. The molecule has 0 aliphatic rings. The summed E-state index contributed by atoms with van der Waals surface area (Å²) >= 11 is 1.60. The minimum absolute atomic E-state index is 0.0733. The molecule has 1 aromatic heterocycles. The van der Waals surface area contributed by atoms with Gasteiger partial charge in [-0.2, -0.15) is 5.26 Å². The van der Waals surface area contributed by atoms with E-state index >= 15 is 0 Å². The summed E-state index contributed by atoms with van der Waals surface area (Å²) in [5.74, 6) is -0.412. The number of nitriles is 1. The zero-order valence-corrected chi connectivity index (χ0v) is 17.2. The first-order valence-electron chi connectivity index (χ1n) is 8.65. The fourth-order valence-corrected chi connectivity index (χ4v) is 3.61. The van der Waals surface area contributed by atoms with Crippen molar-refractivity contribution < 1.29 is 9.53 Å². The molecule has 0 aliphatic heterocycles. The first-order valence-corrected chi connectivity index (χ1v) is 9.88. The number of hydrogen-bond acceptors (Lipinski definition) is 4. The number of methoxy groups -OCH3 is 1. The SMILES string of the molecule is COCC(C)n1c(C)cc(/C=C(\C#N)C(=O)Nc2cccc(SC)c2)c1C. The van der Waals surface area contributed by atoms with Crippen LogP contribution in [0.3, 0.4) is 0 Å². The fraction of sp³-hybridized carbons (Fsp3) is 0.333. The number of nitrogens with zero attached hydrogens (tertiary/aromatic N) is 2. The Morgan fingerprint density at radius 3 is 2.78 bits per heavy atom. The summed E-state index contributed by atoms with van der Waals surface area (Å²) in [7, 11) is 1.68. The van der Waals surface area contributed by atoms with Crippen LogP contribution in [0.15, 0.2) is 40.8 Å². The van der Waals surface area contributed by atoms with Gasteiger partial charge in [-0.15, -0.1) is 11.8 Å². The third kappa shape index (κ3) is 5.03. The van der Waals surface area contributed by atoms with Gasteiger partial charge in [-0.3, -0.25) is 4.79 Å². The van der Waals surface area contributed by atoms with E-state index in [0.717, 1.165) is 21.8 Å². The monoisotopic (exact) mass is 383 g/mol. The second kappa shape index (κ2) is 9.45. The number of benzene rings is 1. The van der Waals surface area contributed by atoms with Gasteiger partial charge in [0.25, 0.3) is 5.91 Å². The van der Waals surface area contributed by atoms with Crippen molar-refractivity contribution in [2.75, 3.05) is 25.3 Å². The lowest BCUT2D eigenvalue weighted by Crippen LogP contribution is -2.14. The van der Waals surface area contributed by atoms with Crippen LogP contribution in [-0.2, 0) is 9.53 Å². The molecule has 5 nitrogen and oxygen atoms in total. The van der Waals surface area contributed by atoms with Crippen molar-refractivity contribution in [3.8, 4) is 6.07 Å². The van der Waals surface area contributed by atoms with Crippen LogP contribution in [0.4, 0.5) is 5.69 Å². The van der Waals surface area contributed by atoms with Gasteiger partial charge in [-0.1, -0.05) is 6.07 Å². The molecule has 0 fully saturated rings. The molecule has 1 amide bonds. The summed E-state index contributed by atoms with van der Waals surface area (Å²) in [4.78, 5) is 13.6. The molecule has 1 aromatic carbocycles. The lowest BCUT2D eigenvalue weighted by Gasteiger charge is -2.17. The van der Waals surface area contributed by atoms with Gasteiger partial charge in [0.2, 0.25) is 0 Å². The van der Waals surface area contributed by atoms with Crippen molar-refractivity contribution in [1.29, 1.82) is 5.26 Å². The molecule has 0 bridgehead atoms. The lowest BCUT2D eigenvalue weighted by atomic mass is 10.1. The van der Waals surface area contributed by atoms with Crippen LogP contribution < -0.4 is 5.32 Å². The van der Waals surface area contributed by atoms with Gasteiger partial charge in [0.15, 0.2) is 0 Å². The average molecular weight is 384 g/mol. The summed E-state index contributed by atoms with van der Waals surface area (Å²) in [5, 5.41) is 12.3. The Labute approximate surface area is 165 Å². The second-order valence-electron chi connectivity index (χ2n) is 6.36. The zero-order valence-electron chi connectivity index (χ0n) is 16.4. The van der Waals surface area contributed by atoms with Crippen molar-refractivity contribution in [1.82, 2.24) is 4.57 Å². The molecule has 6 heteroatoms. The molecule has 2 rings (SSSR count). The van der Waals surface area contributed by atoms with E-state index in [9.17, 15) is 10.1 Å². The van der Waals surface area contributed by atoms with Crippen LogP contribution in [0.5, 0.6) is 0 Å². The Hall–Kier alpha value is -2.49. The number of nitrogens with one attached hydrogen (secondary N) is 1. The Kier molecular flexibility index (Phi) is 7.28. The minimum Gasteiger partial charge on any atom is -0.383 e. The maximum Gasteiger partial charge on any atom is 0.266 e. The van der Waals surface area contributed by atoms with Crippen LogP contribution in [0.2, 0.25) is 0 Å². The molecule has 1 unspecified atom stereocenters.